The van der Waals surface area contributed by atoms with Crippen molar-refractivity contribution in [3.8, 4) is 0 Å². The number of hydrogen-bond acceptors (Lipinski definition) is 3. The highest BCUT2D eigenvalue weighted by molar-refractivity contribution is 14.0. The van der Waals surface area contributed by atoms with Crippen molar-refractivity contribution in [1.29, 1.82) is 0 Å². The molecule has 0 radical (unpaired) electrons. The summed E-state index contributed by atoms with van der Waals surface area (Å²) in [6.45, 7) is 9.13. The number of benzene rings is 1. The van der Waals surface area contributed by atoms with Gasteiger partial charge >= 0.3 is 0 Å². The van der Waals surface area contributed by atoms with Crippen molar-refractivity contribution >= 4 is 46.6 Å². The molecule has 0 aromatic heterocycles. The summed E-state index contributed by atoms with van der Waals surface area (Å²) in [7, 11) is -1.05. The van der Waals surface area contributed by atoms with Gasteiger partial charge in [-0.2, -0.15) is 0 Å². The third kappa shape index (κ3) is 9.51. The second kappa shape index (κ2) is 15.0. The van der Waals surface area contributed by atoms with Crippen molar-refractivity contribution in [1.82, 2.24) is 15.5 Å². The second-order valence-corrected chi connectivity index (χ2v) is 6.94. The van der Waals surface area contributed by atoms with Crippen LogP contribution in [0.3, 0.4) is 0 Å². The number of hydrogen-bond donors (Lipinski definition) is 2. The van der Waals surface area contributed by atoms with Crippen molar-refractivity contribution in [2.24, 2.45) is 4.99 Å². The summed E-state index contributed by atoms with van der Waals surface area (Å²) < 4.78 is 12.2. The van der Waals surface area contributed by atoms with E-state index in [0.29, 0.717) is 31.2 Å². The molecule has 0 saturated heterocycles. The van der Waals surface area contributed by atoms with E-state index >= 15 is 0 Å². The number of nitrogens with one attached hydrogen (secondary N) is 2. The standard InChI is InChI=1S/C18H30N4O2S.HI/c1-4-19-18(20-13-12-17(23)22(5-2)6-3)21-14-15-25(24)16-10-8-7-9-11-16;/h7-11H,4-6,12-15H2,1-3H3,(H2,19,20,21);1H. The molecule has 0 aliphatic rings. The number of rotatable bonds is 10. The van der Waals surface area contributed by atoms with E-state index in [4.69, 9.17) is 0 Å². The van der Waals surface area contributed by atoms with E-state index in [1.54, 1.807) is 0 Å². The number of carbonyl (C=O) groups excluding carboxylic acids is 1. The van der Waals surface area contributed by atoms with Crippen LogP contribution >= 0.6 is 24.0 Å². The Labute approximate surface area is 176 Å². The third-order valence-corrected chi connectivity index (χ3v) is 5.00. The molecule has 2 N–H and O–H groups in total. The lowest BCUT2D eigenvalue weighted by molar-refractivity contribution is -0.130. The maximum atomic E-state index is 12.2. The summed E-state index contributed by atoms with van der Waals surface area (Å²) in [6, 6.07) is 9.40. The molecule has 26 heavy (non-hydrogen) atoms. The first-order chi connectivity index (χ1) is 12.1. The van der Waals surface area contributed by atoms with Gasteiger partial charge in [-0.05, 0) is 32.9 Å². The van der Waals surface area contributed by atoms with Crippen LogP contribution < -0.4 is 10.6 Å². The smallest absolute Gasteiger partial charge is 0.224 e. The first-order valence-electron chi connectivity index (χ1n) is 8.85. The predicted octanol–water partition coefficient (Wildman–Crippen LogP) is 2.23. The molecule has 0 bridgehead atoms. The van der Waals surface area contributed by atoms with Gasteiger partial charge in [0.25, 0.3) is 0 Å². The molecule has 0 heterocycles. The van der Waals surface area contributed by atoms with E-state index in [0.717, 1.165) is 24.5 Å². The Morgan fingerprint density at radius 2 is 1.77 bits per heavy atom. The molecule has 148 valence electrons. The maximum Gasteiger partial charge on any atom is 0.224 e. The number of nitrogens with zero attached hydrogens (tertiary/aromatic N) is 2. The van der Waals surface area contributed by atoms with Crippen LogP contribution in [-0.2, 0) is 15.6 Å². The Bertz CT molecular complexity index is 566. The van der Waals surface area contributed by atoms with Crippen molar-refractivity contribution in [2.45, 2.75) is 32.1 Å². The first kappa shape index (κ1) is 24.8. The molecule has 1 unspecified atom stereocenters. The summed E-state index contributed by atoms with van der Waals surface area (Å²) >= 11 is 0. The third-order valence-electron chi connectivity index (χ3n) is 3.64. The zero-order chi connectivity index (χ0) is 18.5. The molecule has 1 rings (SSSR count). The van der Waals surface area contributed by atoms with Gasteiger partial charge in [-0.1, -0.05) is 18.2 Å². The fraction of sp³-hybridized carbons (Fsp3) is 0.556. The van der Waals surface area contributed by atoms with Crippen LogP contribution in [0.5, 0.6) is 0 Å². The molecule has 0 aliphatic heterocycles. The van der Waals surface area contributed by atoms with Crippen molar-refractivity contribution in [2.75, 3.05) is 38.5 Å². The van der Waals surface area contributed by atoms with E-state index < -0.39 is 10.8 Å². The molecular weight excluding hydrogens is 463 g/mol. The largest absolute Gasteiger partial charge is 0.357 e. The quantitative estimate of drug-likeness (QED) is 0.297. The lowest BCUT2D eigenvalue weighted by atomic mass is 10.3. The minimum Gasteiger partial charge on any atom is -0.357 e. The summed E-state index contributed by atoms with van der Waals surface area (Å²) in [6.07, 6.45) is 0.433. The molecular formula is C18H31IN4O2S. The zero-order valence-electron chi connectivity index (χ0n) is 15.9. The summed E-state index contributed by atoms with van der Waals surface area (Å²) in [5, 5.41) is 6.30. The molecule has 1 aromatic rings. The summed E-state index contributed by atoms with van der Waals surface area (Å²) in [4.78, 5) is 19.1. The highest BCUT2D eigenvalue weighted by atomic mass is 127. The molecule has 1 atom stereocenters. The van der Waals surface area contributed by atoms with Gasteiger partial charge in [0.05, 0.1) is 17.3 Å². The number of carbonyl (C=O) groups is 1. The molecule has 1 aromatic carbocycles. The average Bonchev–Trinajstić information content (AvgIpc) is 2.63. The van der Waals surface area contributed by atoms with Crippen LogP contribution in [0.4, 0.5) is 0 Å². The van der Waals surface area contributed by atoms with Crippen LogP contribution in [0, 0.1) is 0 Å². The zero-order valence-corrected chi connectivity index (χ0v) is 19.0. The topological polar surface area (TPSA) is 73.8 Å². The Balaban J connectivity index is 0.00000625. The summed E-state index contributed by atoms with van der Waals surface area (Å²) in [5.41, 5.74) is 0. The Hall–Kier alpha value is -1.16. The number of amides is 1. The van der Waals surface area contributed by atoms with E-state index in [2.05, 4.69) is 15.6 Å². The number of aliphatic imine (C=N–C) groups is 1. The van der Waals surface area contributed by atoms with Gasteiger partial charge in [-0.25, -0.2) is 0 Å². The van der Waals surface area contributed by atoms with Crippen LogP contribution in [0.25, 0.3) is 0 Å². The van der Waals surface area contributed by atoms with Crippen molar-refractivity contribution in [3.63, 3.8) is 0 Å². The minimum absolute atomic E-state index is 0. The molecule has 0 fully saturated rings. The Morgan fingerprint density at radius 1 is 1.12 bits per heavy atom. The molecule has 0 saturated carbocycles. The van der Waals surface area contributed by atoms with E-state index in [9.17, 15) is 9.00 Å². The molecule has 0 aliphatic carbocycles. The minimum atomic E-state index is -1.05. The van der Waals surface area contributed by atoms with Gasteiger partial charge in [0.1, 0.15) is 0 Å². The highest BCUT2D eigenvalue weighted by Gasteiger charge is 2.09. The molecule has 0 spiro atoms. The van der Waals surface area contributed by atoms with Gasteiger partial charge in [0.2, 0.25) is 5.91 Å². The van der Waals surface area contributed by atoms with Gasteiger partial charge in [0.15, 0.2) is 5.96 Å². The van der Waals surface area contributed by atoms with Crippen molar-refractivity contribution < 1.29 is 9.00 Å². The van der Waals surface area contributed by atoms with E-state index in [1.165, 1.54) is 0 Å². The van der Waals surface area contributed by atoms with Gasteiger partial charge in [-0.3, -0.25) is 14.0 Å². The molecule has 1 amide bonds. The lowest BCUT2D eigenvalue weighted by Gasteiger charge is -2.19. The van der Waals surface area contributed by atoms with Crippen LogP contribution in [0.15, 0.2) is 40.2 Å². The Kier molecular flexibility index (Phi) is 14.3. The maximum absolute atomic E-state index is 12.2. The SMILES string of the molecule is CCNC(=NCCS(=O)c1ccccc1)NCCC(=O)N(CC)CC.I. The van der Waals surface area contributed by atoms with Gasteiger partial charge in [0, 0.05) is 43.2 Å². The lowest BCUT2D eigenvalue weighted by Crippen LogP contribution is -2.40. The Morgan fingerprint density at radius 3 is 2.35 bits per heavy atom. The first-order valence-corrected chi connectivity index (χ1v) is 10.2. The monoisotopic (exact) mass is 494 g/mol. The predicted molar refractivity (Wildman–Crippen MR) is 120 cm³/mol. The number of guanidine groups is 1. The fourth-order valence-electron chi connectivity index (χ4n) is 2.29. The second-order valence-electron chi connectivity index (χ2n) is 5.37. The number of halogens is 1. The fourth-order valence-corrected chi connectivity index (χ4v) is 3.25. The van der Waals surface area contributed by atoms with Crippen LogP contribution in [-0.4, -0.2) is 59.5 Å². The van der Waals surface area contributed by atoms with Gasteiger partial charge < -0.3 is 15.5 Å². The van der Waals surface area contributed by atoms with Gasteiger partial charge in [-0.15, -0.1) is 24.0 Å². The van der Waals surface area contributed by atoms with Crippen LogP contribution in [0.1, 0.15) is 27.2 Å². The van der Waals surface area contributed by atoms with E-state index in [-0.39, 0.29) is 29.9 Å². The highest BCUT2D eigenvalue weighted by Crippen LogP contribution is 2.05. The van der Waals surface area contributed by atoms with Crippen molar-refractivity contribution in [3.05, 3.63) is 30.3 Å². The molecule has 8 heteroatoms. The van der Waals surface area contributed by atoms with E-state index in [1.807, 2.05) is 56.0 Å². The normalized spacial score (nSPS) is 12.0. The average molecular weight is 494 g/mol. The summed E-state index contributed by atoms with van der Waals surface area (Å²) in [5.74, 6) is 1.26. The van der Waals surface area contributed by atoms with Crippen LogP contribution in [0.2, 0.25) is 0 Å². The molecule has 6 nitrogen and oxygen atoms in total.